The van der Waals surface area contributed by atoms with Crippen LogP contribution in [0.1, 0.15) is 15.9 Å². The van der Waals surface area contributed by atoms with E-state index >= 15 is 0 Å². The highest BCUT2D eigenvalue weighted by atomic mass is 35.5. The SMILES string of the molecule is Cc1ccc(S(=O)(=O)N2CCN(CCNC(=O)c3cc(Cl)ccc3Cl)CC2)cc1. The second kappa shape index (κ2) is 9.45. The minimum atomic E-state index is -3.47. The van der Waals surface area contributed by atoms with Crippen LogP contribution in [0.25, 0.3) is 0 Å². The maximum atomic E-state index is 12.8. The van der Waals surface area contributed by atoms with Gasteiger partial charge in [0.1, 0.15) is 0 Å². The van der Waals surface area contributed by atoms with Crippen LogP contribution in [-0.4, -0.2) is 62.8 Å². The molecule has 0 saturated carbocycles. The highest BCUT2D eigenvalue weighted by molar-refractivity contribution is 7.89. The van der Waals surface area contributed by atoms with Crippen molar-refractivity contribution in [2.24, 2.45) is 0 Å². The summed E-state index contributed by atoms with van der Waals surface area (Å²) in [4.78, 5) is 14.7. The van der Waals surface area contributed by atoms with Crippen molar-refractivity contribution in [1.82, 2.24) is 14.5 Å². The van der Waals surface area contributed by atoms with Crippen molar-refractivity contribution in [3.8, 4) is 0 Å². The van der Waals surface area contributed by atoms with Crippen LogP contribution in [0.15, 0.2) is 47.4 Å². The van der Waals surface area contributed by atoms with Crippen LogP contribution in [0.2, 0.25) is 10.0 Å². The first-order valence-electron chi connectivity index (χ1n) is 9.30. The molecule has 9 heteroatoms. The number of hydrogen-bond donors (Lipinski definition) is 1. The third kappa shape index (κ3) is 5.49. The van der Waals surface area contributed by atoms with Crippen LogP contribution in [0.4, 0.5) is 0 Å². The summed E-state index contributed by atoms with van der Waals surface area (Å²) in [7, 11) is -3.47. The van der Waals surface area contributed by atoms with Crippen molar-refractivity contribution in [3.05, 3.63) is 63.6 Å². The number of rotatable bonds is 6. The number of aryl methyl sites for hydroxylation is 1. The molecule has 3 rings (SSSR count). The zero-order valence-electron chi connectivity index (χ0n) is 16.1. The lowest BCUT2D eigenvalue weighted by atomic mass is 10.2. The largest absolute Gasteiger partial charge is 0.351 e. The van der Waals surface area contributed by atoms with E-state index in [0.29, 0.717) is 59.8 Å². The fourth-order valence-electron chi connectivity index (χ4n) is 3.15. The van der Waals surface area contributed by atoms with Crippen molar-refractivity contribution in [1.29, 1.82) is 0 Å². The van der Waals surface area contributed by atoms with E-state index in [-0.39, 0.29) is 5.91 Å². The lowest BCUT2D eigenvalue weighted by molar-refractivity contribution is 0.0945. The van der Waals surface area contributed by atoms with Gasteiger partial charge in [-0.15, -0.1) is 0 Å². The van der Waals surface area contributed by atoms with Crippen LogP contribution < -0.4 is 5.32 Å². The molecule has 0 spiro atoms. The standard InChI is InChI=1S/C20H23Cl2N3O3S/c1-15-2-5-17(6-3-15)29(27,28)25-12-10-24(11-13-25)9-8-23-20(26)18-14-16(21)4-7-19(18)22/h2-7,14H,8-13H2,1H3,(H,23,26). The molecule has 2 aromatic carbocycles. The van der Waals surface area contributed by atoms with Gasteiger partial charge in [-0.05, 0) is 37.3 Å². The molecule has 1 aliphatic heterocycles. The van der Waals surface area contributed by atoms with Gasteiger partial charge in [-0.25, -0.2) is 8.42 Å². The Balaban J connectivity index is 1.48. The Morgan fingerprint density at radius 2 is 1.69 bits per heavy atom. The van der Waals surface area contributed by atoms with E-state index in [1.807, 2.05) is 6.92 Å². The first-order chi connectivity index (χ1) is 13.8. The third-order valence-electron chi connectivity index (χ3n) is 4.88. The predicted octanol–water partition coefficient (Wildman–Crippen LogP) is 3.04. The number of carbonyl (C=O) groups is 1. The Labute approximate surface area is 181 Å². The summed E-state index contributed by atoms with van der Waals surface area (Å²) in [6, 6.07) is 11.7. The molecule has 1 heterocycles. The number of amides is 1. The molecule has 1 saturated heterocycles. The van der Waals surface area contributed by atoms with Crippen LogP contribution in [-0.2, 0) is 10.0 Å². The molecular formula is C20H23Cl2N3O3S. The number of carbonyl (C=O) groups excluding carboxylic acids is 1. The van der Waals surface area contributed by atoms with Gasteiger partial charge in [-0.1, -0.05) is 40.9 Å². The smallest absolute Gasteiger partial charge is 0.252 e. The van der Waals surface area contributed by atoms with E-state index < -0.39 is 10.0 Å². The Morgan fingerprint density at radius 3 is 2.34 bits per heavy atom. The van der Waals surface area contributed by atoms with E-state index in [0.717, 1.165) is 5.56 Å². The lowest BCUT2D eigenvalue weighted by Crippen LogP contribution is -2.50. The van der Waals surface area contributed by atoms with E-state index in [9.17, 15) is 13.2 Å². The van der Waals surface area contributed by atoms with E-state index in [1.54, 1.807) is 36.4 Å². The minimum Gasteiger partial charge on any atom is -0.351 e. The fourth-order valence-corrected chi connectivity index (χ4v) is 4.94. The molecule has 0 bridgehead atoms. The van der Waals surface area contributed by atoms with Gasteiger partial charge in [-0.3, -0.25) is 9.69 Å². The molecule has 0 atom stereocenters. The van der Waals surface area contributed by atoms with Gasteiger partial charge in [0.15, 0.2) is 0 Å². The number of sulfonamides is 1. The molecular weight excluding hydrogens is 433 g/mol. The topological polar surface area (TPSA) is 69.7 Å². The maximum absolute atomic E-state index is 12.8. The van der Waals surface area contributed by atoms with Crippen molar-refractivity contribution >= 4 is 39.1 Å². The predicted molar refractivity (Wildman–Crippen MR) is 115 cm³/mol. The highest BCUT2D eigenvalue weighted by Crippen LogP contribution is 2.20. The molecule has 1 amide bonds. The molecule has 0 aliphatic carbocycles. The van der Waals surface area contributed by atoms with Crippen LogP contribution in [0.5, 0.6) is 0 Å². The maximum Gasteiger partial charge on any atom is 0.252 e. The number of piperazine rings is 1. The molecule has 0 aromatic heterocycles. The van der Waals surface area contributed by atoms with Crippen molar-refractivity contribution < 1.29 is 13.2 Å². The van der Waals surface area contributed by atoms with Crippen molar-refractivity contribution in [3.63, 3.8) is 0 Å². The molecule has 1 N–H and O–H groups in total. The number of benzene rings is 2. The number of hydrogen-bond acceptors (Lipinski definition) is 4. The number of nitrogens with zero attached hydrogens (tertiary/aromatic N) is 2. The summed E-state index contributed by atoms with van der Waals surface area (Å²) in [5.74, 6) is -0.280. The number of halogens is 2. The van der Waals surface area contributed by atoms with Gasteiger partial charge < -0.3 is 5.32 Å². The highest BCUT2D eigenvalue weighted by Gasteiger charge is 2.28. The van der Waals surface area contributed by atoms with E-state index in [2.05, 4.69) is 10.2 Å². The summed E-state index contributed by atoms with van der Waals surface area (Å²) in [5, 5.41) is 3.63. The van der Waals surface area contributed by atoms with Crippen LogP contribution >= 0.6 is 23.2 Å². The molecule has 29 heavy (non-hydrogen) atoms. The van der Waals surface area contributed by atoms with Gasteiger partial charge in [0.05, 0.1) is 15.5 Å². The molecule has 0 radical (unpaired) electrons. The van der Waals surface area contributed by atoms with Gasteiger partial charge in [0.2, 0.25) is 10.0 Å². The van der Waals surface area contributed by atoms with E-state index in [1.165, 1.54) is 10.4 Å². The second-order valence-electron chi connectivity index (χ2n) is 6.94. The summed E-state index contributed by atoms with van der Waals surface area (Å²) in [6.45, 7) is 5.05. The van der Waals surface area contributed by atoms with E-state index in [4.69, 9.17) is 23.2 Å². The molecule has 1 fully saturated rings. The Morgan fingerprint density at radius 1 is 1.03 bits per heavy atom. The van der Waals surface area contributed by atoms with Gasteiger partial charge in [0, 0.05) is 44.3 Å². The summed E-state index contributed by atoms with van der Waals surface area (Å²) >= 11 is 12.0. The average Bonchev–Trinajstić information content (AvgIpc) is 2.70. The normalized spacial score (nSPS) is 16.0. The van der Waals surface area contributed by atoms with Crippen molar-refractivity contribution in [2.45, 2.75) is 11.8 Å². The molecule has 6 nitrogen and oxygen atoms in total. The average molecular weight is 456 g/mol. The Hall–Kier alpha value is -1.64. The Kier molecular flexibility index (Phi) is 7.19. The van der Waals surface area contributed by atoms with Crippen LogP contribution in [0, 0.1) is 6.92 Å². The van der Waals surface area contributed by atoms with Gasteiger partial charge >= 0.3 is 0 Å². The summed E-state index contributed by atoms with van der Waals surface area (Å²) < 4.78 is 27.0. The lowest BCUT2D eigenvalue weighted by Gasteiger charge is -2.34. The molecule has 156 valence electrons. The van der Waals surface area contributed by atoms with Gasteiger partial charge in [0.25, 0.3) is 5.91 Å². The van der Waals surface area contributed by atoms with Crippen LogP contribution in [0.3, 0.4) is 0 Å². The summed E-state index contributed by atoms with van der Waals surface area (Å²) in [5.41, 5.74) is 1.36. The first-order valence-corrected chi connectivity index (χ1v) is 11.5. The van der Waals surface area contributed by atoms with Crippen molar-refractivity contribution in [2.75, 3.05) is 39.3 Å². The zero-order valence-corrected chi connectivity index (χ0v) is 18.4. The quantitative estimate of drug-likeness (QED) is 0.726. The molecule has 1 aliphatic rings. The first kappa shape index (κ1) is 22.1. The number of nitrogens with one attached hydrogen (secondary N) is 1. The Bertz CT molecular complexity index is 973. The monoisotopic (exact) mass is 455 g/mol. The third-order valence-corrected chi connectivity index (χ3v) is 7.35. The minimum absolute atomic E-state index is 0.280. The summed E-state index contributed by atoms with van der Waals surface area (Å²) in [6.07, 6.45) is 0. The van der Waals surface area contributed by atoms with Gasteiger partial charge in [-0.2, -0.15) is 4.31 Å². The molecule has 2 aromatic rings. The second-order valence-corrected chi connectivity index (χ2v) is 9.72. The molecule has 0 unspecified atom stereocenters. The fraction of sp³-hybridized carbons (Fsp3) is 0.350. The zero-order chi connectivity index (χ0) is 21.0.